The van der Waals surface area contributed by atoms with Crippen LogP contribution in [0.2, 0.25) is 0 Å². The van der Waals surface area contributed by atoms with Gasteiger partial charge in [-0.2, -0.15) is 0 Å². The third-order valence-corrected chi connectivity index (χ3v) is 3.64. The molecule has 0 bridgehead atoms. The number of terminal acetylenes is 1. The zero-order valence-corrected chi connectivity index (χ0v) is 11.1. The Morgan fingerprint density at radius 3 is 2.76 bits per heavy atom. The molecule has 0 radical (unpaired) electrons. The molecule has 0 aliphatic carbocycles. The fourth-order valence-corrected chi connectivity index (χ4v) is 2.48. The SMILES string of the molecule is C#CCc1cc(S)c(C)c(N2CCNCC2)c1. The van der Waals surface area contributed by atoms with Gasteiger partial charge in [-0.05, 0) is 30.2 Å². The fourth-order valence-electron chi connectivity index (χ4n) is 2.19. The second kappa shape index (κ2) is 5.48. The fraction of sp³-hybridized carbons (Fsp3) is 0.429. The molecule has 3 heteroatoms. The maximum atomic E-state index is 5.38. The Morgan fingerprint density at radius 1 is 1.41 bits per heavy atom. The summed E-state index contributed by atoms with van der Waals surface area (Å²) in [5.41, 5.74) is 3.71. The Bertz CT molecular complexity index is 442. The smallest absolute Gasteiger partial charge is 0.0411 e. The minimum absolute atomic E-state index is 0.674. The lowest BCUT2D eigenvalue weighted by atomic mass is 10.1. The molecule has 0 amide bonds. The van der Waals surface area contributed by atoms with Gasteiger partial charge < -0.3 is 10.2 Å². The van der Waals surface area contributed by atoms with Crippen LogP contribution in [0.4, 0.5) is 5.69 Å². The number of nitrogens with one attached hydrogen (secondary N) is 1. The van der Waals surface area contributed by atoms with Crippen molar-refractivity contribution in [2.24, 2.45) is 0 Å². The molecular weight excluding hydrogens is 228 g/mol. The average Bonchev–Trinajstić information content (AvgIpc) is 2.35. The van der Waals surface area contributed by atoms with E-state index >= 15 is 0 Å². The highest BCUT2D eigenvalue weighted by Gasteiger charge is 2.14. The molecule has 90 valence electrons. The lowest BCUT2D eigenvalue weighted by Crippen LogP contribution is -2.43. The molecular formula is C14H18N2S. The molecule has 17 heavy (non-hydrogen) atoms. The summed E-state index contributed by atoms with van der Waals surface area (Å²) in [6.07, 6.45) is 6.05. The van der Waals surface area contributed by atoms with Crippen LogP contribution in [0.25, 0.3) is 0 Å². The van der Waals surface area contributed by atoms with Gasteiger partial charge in [0.2, 0.25) is 0 Å². The van der Waals surface area contributed by atoms with Gasteiger partial charge in [0, 0.05) is 43.2 Å². The number of nitrogens with zero attached hydrogens (tertiary/aromatic N) is 1. The quantitative estimate of drug-likeness (QED) is 0.612. The van der Waals surface area contributed by atoms with Crippen LogP contribution in [-0.4, -0.2) is 26.2 Å². The van der Waals surface area contributed by atoms with E-state index in [0.29, 0.717) is 6.42 Å². The molecule has 0 atom stereocenters. The number of hydrogen-bond donors (Lipinski definition) is 2. The lowest BCUT2D eigenvalue weighted by molar-refractivity contribution is 0.588. The third-order valence-electron chi connectivity index (χ3n) is 3.18. The highest BCUT2D eigenvalue weighted by molar-refractivity contribution is 7.80. The molecule has 0 aromatic heterocycles. The van der Waals surface area contributed by atoms with E-state index in [9.17, 15) is 0 Å². The normalized spacial score (nSPS) is 15.7. The second-order valence-electron chi connectivity index (χ2n) is 4.38. The van der Waals surface area contributed by atoms with Crippen molar-refractivity contribution in [3.8, 4) is 12.3 Å². The first kappa shape index (κ1) is 12.3. The molecule has 1 aliphatic rings. The van der Waals surface area contributed by atoms with Gasteiger partial charge in [0.05, 0.1) is 0 Å². The number of thiol groups is 1. The summed E-state index contributed by atoms with van der Waals surface area (Å²) in [4.78, 5) is 3.44. The minimum atomic E-state index is 0.674. The van der Waals surface area contributed by atoms with Crippen molar-refractivity contribution in [1.82, 2.24) is 5.32 Å². The van der Waals surface area contributed by atoms with Crippen LogP contribution in [0.15, 0.2) is 17.0 Å². The summed E-state index contributed by atoms with van der Waals surface area (Å²) >= 11 is 4.54. The standard InChI is InChI=1S/C14H18N2S/c1-3-4-12-9-13(11(2)14(17)10-12)16-7-5-15-6-8-16/h1,9-10,15,17H,4-8H2,2H3. The molecule has 0 spiro atoms. The summed E-state index contributed by atoms with van der Waals surface area (Å²) in [5, 5.41) is 3.37. The monoisotopic (exact) mass is 246 g/mol. The maximum absolute atomic E-state index is 5.38. The first-order chi connectivity index (χ1) is 8.22. The Balaban J connectivity index is 2.34. The van der Waals surface area contributed by atoms with Gasteiger partial charge in [-0.15, -0.1) is 25.0 Å². The van der Waals surface area contributed by atoms with E-state index < -0.39 is 0 Å². The highest BCUT2D eigenvalue weighted by Crippen LogP contribution is 2.28. The van der Waals surface area contributed by atoms with Crippen LogP contribution in [0.3, 0.4) is 0 Å². The molecule has 1 N–H and O–H groups in total. The first-order valence-corrected chi connectivity index (χ1v) is 6.38. The number of benzene rings is 1. The summed E-state index contributed by atoms with van der Waals surface area (Å²) < 4.78 is 0. The molecule has 1 saturated heterocycles. The van der Waals surface area contributed by atoms with E-state index in [-0.39, 0.29) is 0 Å². The maximum Gasteiger partial charge on any atom is 0.0411 e. The molecule has 1 aromatic rings. The number of piperazine rings is 1. The van der Waals surface area contributed by atoms with Gasteiger partial charge in [0.1, 0.15) is 0 Å². The zero-order valence-electron chi connectivity index (χ0n) is 10.2. The van der Waals surface area contributed by atoms with Gasteiger partial charge in [-0.3, -0.25) is 0 Å². The second-order valence-corrected chi connectivity index (χ2v) is 4.86. The van der Waals surface area contributed by atoms with Gasteiger partial charge in [-0.25, -0.2) is 0 Å². The van der Waals surface area contributed by atoms with Crippen molar-refractivity contribution in [2.45, 2.75) is 18.2 Å². The van der Waals surface area contributed by atoms with Crippen LogP contribution < -0.4 is 10.2 Å². The number of rotatable bonds is 2. The minimum Gasteiger partial charge on any atom is -0.369 e. The van der Waals surface area contributed by atoms with Gasteiger partial charge in [0.25, 0.3) is 0 Å². The molecule has 1 aliphatic heterocycles. The number of anilines is 1. The summed E-state index contributed by atoms with van der Waals surface area (Å²) in [6, 6.07) is 4.28. The molecule has 0 unspecified atom stereocenters. The van der Waals surface area contributed by atoms with Crippen LogP contribution >= 0.6 is 12.6 Å². The largest absolute Gasteiger partial charge is 0.369 e. The van der Waals surface area contributed by atoms with Crippen molar-refractivity contribution in [3.63, 3.8) is 0 Å². The predicted molar refractivity (Wildman–Crippen MR) is 76.1 cm³/mol. The van der Waals surface area contributed by atoms with Crippen LogP contribution in [0.5, 0.6) is 0 Å². The van der Waals surface area contributed by atoms with E-state index in [1.54, 1.807) is 0 Å². The number of hydrogen-bond acceptors (Lipinski definition) is 3. The third kappa shape index (κ3) is 2.77. The van der Waals surface area contributed by atoms with E-state index in [2.05, 4.69) is 47.8 Å². The highest BCUT2D eigenvalue weighted by atomic mass is 32.1. The molecule has 1 fully saturated rings. The van der Waals surface area contributed by atoms with Crippen LogP contribution in [0, 0.1) is 19.3 Å². The zero-order chi connectivity index (χ0) is 12.3. The van der Waals surface area contributed by atoms with Crippen molar-refractivity contribution in [1.29, 1.82) is 0 Å². The van der Waals surface area contributed by atoms with Crippen molar-refractivity contribution in [3.05, 3.63) is 23.3 Å². The van der Waals surface area contributed by atoms with Gasteiger partial charge >= 0.3 is 0 Å². The average molecular weight is 246 g/mol. The van der Waals surface area contributed by atoms with Crippen LogP contribution in [-0.2, 0) is 6.42 Å². The summed E-state index contributed by atoms with van der Waals surface area (Å²) in [6.45, 7) is 6.31. The Labute approximate surface area is 109 Å². The van der Waals surface area contributed by atoms with E-state index in [1.165, 1.54) is 16.8 Å². The van der Waals surface area contributed by atoms with E-state index in [4.69, 9.17) is 6.42 Å². The Morgan fingerprint density at radius 2 is 2.12 bits per heavy atom. The molecule has 2 nitrogen and oxygen atoms in total. The first-order valence-electron chi connectivity index (χ1n) is 5.94. The van der Waals surface area contributed by atoms with Crippen molar-refractivity contribution < 1.29 is 0 Å². The van der Waals surface area contributed by atoms with Crippen molar-refractivity contribution in [2.75, 3.05) is 31.1 Å². The summed E-state index contributed by atoms with van der Waals surface area (Å²) in [5.74, 6) is 2.70. The topological polar surface area (TPSA) is 15.3 Å². The van der Waals surface area contributed by atoms with Gasteiger partial charge in [-0.1, -0.05) is 0 Å². The predicted octanol–water partition coefficient (Wildman–Crippen LogP) is 1.87. The van der Waals surface area contributed by atoms with E-state index in [1.807, 2.05) is 0 Å². The molecule has 1 aromatic carbocycles. The summed E-state index contributed by atoms with van der Waals surface area (Å²) in [7, 11) is 0. The molecule has 0 saturated carbocycles. The van der Waals surface area contributed by atoms with E-state index in [0.717, 1.165) is 31.1 Å². The van der Waals surface area contributed by atoms with Gasteiger partial charge in [0.15, 0.2) is 0 Å². The Hall–Kier alpha value is -1.11. The molecule has 2 rings (SSSR count). The lowest BCUT2D eigenvalue weighted by Gasteiger charge is -2.31. The molecule has 1 heterocycles. The Kier molecular flexibility index (Phi) is 3.98. The van der Waals surface area contributed by atoms with Crippen LogP contribution in [0.1, 0.15) is 11.1 Å². The van der Waals surface area contributed by atoms with Crippen molar-refractivity contribution >= 4 is 18.3 Å².